The molecule has 1 aliphatic rings. The van der Waals surface area contributed by atoms with E-state index in [1.807, 2.05) is 6.07 Å². The number of nitrogens with zero attached hydrogens (tertiary/aromatic N) is 3. The second kappa shape index (κ2) is 11.2. The topological polar surface area (TPSA) is 114 Å². The number of esters is 2. The zero-order chi connectivity index (χ0) is 24.0. The monoisotopic (exact) mass is 534 g/mol. The van der Waals surface area contributed by atoms with Crippen LogP contribution >= 0.6 is 27.3 Å². The average Bonchev–Trinajstić information content (AvgIpc) is 3.32. The molecule has 1 aromatic heterocycles. The fourth-order valence-corrected chi connectivity index (χ4v) is 4.39. The Morgan fingerprint density at radius 2 is 2.09 bits per heavy atom. The van der Waals surface area contributed by atoms with Crippen molar-refractivity contribution >= 4 is 45.0 Å². The van der Waals surface area contributed by atoms with E-state index in [-0.39, 0.29) is 30.9 Å². The highest BCUT2D eigenvalue weighted by Gasteiger charge is 2.36. The summed E-state index contributed by atoms with van der Waals surface area (Å²) >= 11 is 4.67. The van der Waals surface area contributed by atoms with Crippen LogP contribution < -0.4 is 5.32 Å². The van der Waals surface area contributed by atoms with E-state index in [4.69, 9.17) is 9.47 Å². The molecule has 33 heavy (non-hydrogen) atoms. The highest BCUT2D eigenvalue weighted by Crippen LogP contribution is 2.38. The maximum atomic E-state index is 13.8. The Labute approximate surface area is 202 Å². The summed E-state index contributed by atoms with van der Waals surface area (Å²) in [6.45, 7) is 3.53. The van der Waals surface area contributed by atoms with Crippen LogP contribution in [0.15, 0.2) is 50.5 Å². The van der Waals surface area contributed by atoms with Crippen molar-refractivity contribution in [1.82, 2.24) is 10.3 Å². The van der Waals surface area contributed by atoms with E-state index in [0.717, 1.165) is 0 Å². The average molecular weight is 535 g/mol. The van der Waals surface area contributed by atoms with Crippen LogP contribution in [-0.4, -0.2) is 36.0 Å². The van der Waals surface area contributed by atoms with E-state index in [1.54, 1.807) is 25.4 Å². The number of rotatable bonds is 8. The summed E-state index contributed by atoms with van der Waals surface area (Å²) in [6.07, 6.45) is 1.47. The van der Waals surface area contributed by atoms with Crippen LogP contribution in [0.5, 0.6) is 0 Å². The number of nitrogens with one attached hydrogen (secondary N) is 1. The molecular weight excluding hydrogens is 515 g/mol. The number of carbonyl (C=O) groups excluding carboxylic acids is 2. The van der Waals surface area contributed by atoms with E-state index in [1.165, 1.54) is 29.5 Å². The Bertz CT molecular complexity index is 1140. The summed E-state index contributed by atoms with van der Waals surface area (Å²) in [4.78, 5) is 34.3. The smallest absolute Gasteiger partial charge is 0.338 e. The molecule has 2 heterocycles. The summed E-state index contributed by atoms with van der Waals surface area (Å²) in [5.41, 5.74) is 0.917. The van der Waals surface area contributed by atoms with Crippen LogP contribution in [0, 0.1) is 23.1 Å². The van der Waals surface area contributed by atoms with Gasteiger partial charge in [-0.1, -0.05) is 22.0 Å². The number of hydrogen-bond donors (Lipinski definition) is 1. The van der Waals surface area contributed by atoms with Gasteiger partial charge in [0.2, 0.25) is 0 Å². The quantitative estimate of drug-likeness (QED) is 0.508. The minimum absolute atomic E-state index is 0.107. The molecule has 0 amide bonds. The zero-order valence-electron chi connectivity index (χ0n) is 17.8. The number of nitriles is 1. The van der Waals surface area contributed by atoms with Crippen molar-refractivity contribution in [2.75, 3.05) is 13.2 Å². The molecular formula is C22H20BrFN4O4S. The van der Waals surface area contributed by atoms with Gasteiger partial charge >= 0.3 is 11.9 Å². The molecule has 1 aromatic carbocycles. The van der Waals surface area contributed by atoms with Crippen molar-refractivity contribution in [1.29, 1.82) is 5.26 Å². The van der Waals surface area contributed by atoms with E-state index in [0.29, 0.717) is 20.9 Å². The largest absolute Gasteiger partial charge is 0.465 e. The summed E-state index contributed by atoms with van der Waals surface area (Å²) in [7, 11) is 0. The van der Waals surface area contributed by atoms with E-state index < -0.39 is 29.7 Å². The van der Waals surface area contributed by atoms with Gasteiger partial charge in [-0.25, -0.2) is 14.2 Å². The van der Waals surface area contributed by atoms with Crippen LogP contribution in [0.25, 0.3) is 0 Å². The van der Waals surface area contributed by atoms with Gasteiger partial charge < -0.3 is 14.8 Å². The molecule has 2 aromatic rings. The third-order valence-corrected chi connectivity index (χ3v) is 6.12. The highest BCUT2D eigenvalue weighted by atomic mass is 79.9. The lowest BCUT2D eigenvalue weighted by molar-refractivity contribution is -0.146. The van der Waals surface area contributed by atoms with Crippen molar-refractivity contribution in [2.24, 2.45) is 10.9 Å². The predicted molar refractivity (Wildman–Crippen MR) is 123 cm³/mol. The zero-order valence-corrected chi connectivity index (χ0v) is 20.2. The molecule has 0 bridgehead atoms. The molecule has 0 saturated carbocycles. The molecule has 172 valence electrons. The van der Waals surface area contributed by atoms with Gasteiger partial charge in [-0.15, -0.1) is 11.3 Å². The molecule has 2 atom stereocenters. The molecule has 0 aliphatic carbocycles. The number of hydrogen-bond acceptors (Lipinski definition) is 9. The number of allylic oxidation sites excluding steroid dienone is 1. The molecule has 2 unspecified atom stereocenters. The van der Waals surface area contributed by atoms with Crippen molar-refractivity contribution in [3.63, 3.8) is 0 Å². The maximum Gasteiger partial charge on any atom is 0.338 e. The standard InChI is InChI=1S/C22H20BrFN4O4S/c1-3-31-21(29)12(11-25)9-16-17(22(30)32-4-2)18(14-6-5-13(24)10-15(14)23)28-19(27-16)20-26-7-8-33-20/h5-8,10,12,18H,3-4,9H2,1-2H3,(H,27,28). The first-order chi connectivity index (χ1) is 15.9. The summed E-state index contributed by atoms with van der Waals surface area (Å²) in [5, 5.41) is 15.0. The third kappa shape index (κ3) is 5.64. The van der Waals surface area contributed by atoms with Crippen molar-refractivity contribution in [3.8, 4) is 6.07 Å². The molecule has 0 spiro atoms. The Morgan fingerprint density at radius 1 is 1.33 bits per heavy atom. The Kier molecular flexibility index (Phi) is 8.30. The lowest BCUT2D eigenvalue weighted by atomic mass is 9.92. The predicted octanol–water partition coefficient (Wildman–Crippen LogP) is 4.05. The number of aromatic nitrogens is 1. The number of aliphatic imine (C=N–C) groups is 1. The molecule has 0 saturated heterocycles. The first-order valence-corrected chi connectivity index (χ1v) is 11.7. The van der Waals surface area contributed by atoms with Crippen molar-refractivity contribution in [2.45, 2.75) is 26.3 Å². The second-order valence-electron chi connectivity index (χ2n) is 6.76. The Balaban J connectivity index is 2.17. The molecule has 1 N–H and O–H groups in total. The fraction of sp³-hybridized carbons (Fsp3) is 0.318. The molecule has 3 rings (SSSR count). The lowest BCUT2D eigenvalue weighted by Crippen LogP contribution is -2.35. The minimum Gasteiger partial charge on any atom is -0.465 e. The normalized spacial score (nSPS) is 16.3. The van der Waals surface area contributed by atoms with Gasteiger partial charge in [-0.3, -0.25) is 9.79 Å². The number of carbonyl (C=O) groups is 2. The van der Waals surface area contributed by atoms with Crippen molar-refractivity contribution in [3.05, 3.63) is 61.9 Å². The van der Waals surface area contributed by atoms with Gasteiger partial charge in [0.05, 0.1) is 24.9 Å². The van der Waals surface area contributed by atoms with Gasteiger partial charge in [-0.05, 0) is 31.5 Å². The van der Waals surface area contributed by atoms with E-state index in [9.17, 15) is 19.2 Å². The lowest BCUT2D eigenvalue weighted by Gasteiger charge is -2.28. The summed E-state index contributed by atoms with van der Waals surface area (Å²) in [6, 6.07) is 5.10. The van der Waals surface area contributed by atoms with E-state index >= 15 is 0 Å². The Morgan fingerprint density at radius 3 is 2.70 bits per heavy atom. The number of ether oxygens (including phenoxy) is 2. The van der Waals surface area contributed by atoms with Crippen LogP contribution in [0.3, 0.4) is 0 Å². The van der Waals surface area contributed by atoms with Crippen LogP contribution in [-0.2, 0) is 19.1 Å². The number of thiazole rings is 1. The van der Waals surface area contributed by atoms with E-state index in [2.05, 4.69) is 31.2 Å². The molecule has 0 radical (unpaired) electrons. The highest BCUT2D eigenvalue weighted by molar-refractivity contribution is 9.10. The fourth-order valence-electron chi connectivity index (χ4n) is 3.23. The number of benzene rings is 1. The van der Waals surface area contributed by atoms with Crippen LogP contribution in [0.1, 0.15) is 36.9 Å². The van der Waals surface area contributed by atoms with Gasteiger partial charge in [0.15, 0.2) is 10.8 Å². The van der Waals surface area contributed by atoms with Crippen LogP contribution in [0.2, 0.25) is 0 Å². The molecule has 1 aliphatic heterocycles. The molecule has 11 heteroatoms. The number of halogens is 2. The second-order valence-corrected chi connectivity index (χ2v) is 8.51. The minimum atomic E-state index is -1.16. The first-order valence-electron chi connectivity index (χ1n) is 10.1. The third-order valence-electron chi connectivity index (χ3n) is 4.65. The van der Waals surface area contributed by atoms with Crippen molar-refractivity contribution < 1.29 is 23.5 Å². The molecule has 0 fully saturated rings. The maximum absolute atomic E-state index is 13.8. The van der Waals surface area contributed by atoms with Gasteiger partial charge in [0.25, 0.3) is 0 Å². The van der Waals surface area contributed by atoms with Gasteiger partial charge in [-0.2, -0.15) is 5.26 Å². The van der Waals surface area contributed by atoms with Crippen LogP contribution in [0.4, 0.5) is 4.39 Å². The number of amidine groups is 1. The summed E-state index contributed by atoms with van der Waals surface area (Å²) in [5.74, 6) is -2.63. The van der Waals surface area contributed by atoms with Gasteiger partial charge in [0.1, 0.15) is 17.8 Å². The Hall–Kier alpha value is -3.10. The molecule has 8 nitrogen and oxygen atoms in total. The first kappa shape index (κ1) is 24.5. The van der Waals surface area contributed by atoms with Gasteiger partial charge in [0, 0.05) is 28.2 Å². The summed E-state index contributed by atoms with van der Waals surface area (Å²) < 4.78 is 24.4. The SMILES string of the molecule is CCOC(=O)C1=C(CC(C#N)C(=O)OCC)NC(c2nccs2)=NC1c1ccc(F)cc1Br.